The summed E-state index contributed by atoms with van der Waals surface area (Å²) in [4.78, 5) is 34.0. The monoisotopic (exact) mass is 946 g/mol. The number of carbonyl (C=O) groups excluding carboxylic acids is 1. The van der Waals surface area contributed by atoms with Gasteiger partial charge in [-0.2, -0.15) is 27.8 Å². The van der Waals surface area contributed by atoms with E-state index in [1.165, 1.54) is 60.3 Å². The first-order valence-electron chi connectivity index (χ1n) is 19.5. The van der Waals surface area contributed by atoms with Crippen molar-refractivity contribution in [3.05, 3.63) is 128 Å². The molecule has 0 bridgehead atoms. The Bertz CT molecular complexity index is 3270. The number of anilines is 1. The number of sulfonamides is 1. The molecule has 0 saturated heterocycles. The van der Waals surface area contributed by atoms with E-state index in [4.69, 9.17) is 21.3 Å². The Hall–Kier alpha value is -6.55. The first-order chi connectivity index (χ1) is 30.7. The summed E-state index contributed by atoms with van der Waals surface area (Å²) in [6, 6.07) is 13.4. The van der Waals surface area contributed by atoms with E-state index in [-0.39, 0.29) is 78.6 Å². The number of aryl methyl sites for hydroxylation is 1. The zero-order valence-electron chi connectivity index (χ0n) is 33.5. The summed E-state index contributed by atoms with van der Waals surface area (Å²) < 4.78 is 150. The number of ether oxygens (including phenoxy) is 1. The number of amides is 1. The van der Waals surface area contributed by atoms with E-state index in [1.54, 1.807) is 6.07 Å². The topological polar surface area (TPSA) is 155 Å². The number of fused-ring (bicyclic) bond motifs is 5. The second-order valence-electron chi connectivity index (χ2n) is 15.6. The minimum atomic E-state index is -3.96. The summed E-state index contributed by atoms with van der Waals surface area (Å²) in [5.41, 5.74) is -2.75. The third-order valence-electron chi connectivity index (χ3n) is 11.2. The van der Waals surface area contributed by atoms with Crippen LogP contribution in [-0.2, 0) is 40.8 Å². The van der Waals surface area contributed by atoms with Crippen LogP contribution in [0.1, 0.15) is 53.1 Å². The van der Waals surface area contributed by atoms with Crippen molar-refractivity contribution in [2.75, 3.05) is 11.0 Å². The SMILES string of the molecule is Cn1nc(NS(C)(=O)=O)c2c(Cl)ccc(-n3c([C@H](Cc4cc(F)cc(F)c4)NC(=O)Cn4nc(C(F)F)c5c4C(F)(F)[C@@H]4C[C@H]54)nc4cc(-c5ccccc5OC(F)F)ccc4c3=O)c21. The number of halogens is 9. The van der Waals surface area contributed by atoms with Crippen LogP contribution in [-0.4, -0.2) is 56.3 Å². The van der Waals surface area contributed by atoms with Crippen molar-refractivity contribution in [3.63, 3.8) is 0 Å². The standard InChI is InChI=1S/C42H31ClF8N8O5S/c1-57-35-29(10-9-26(43)33(35)38(55-57)56-65(2,62)63)59-39(53-27-14-19(7-8-23(27)40(59)61)22-5-3-4-6-30(22)64-41(48)49)28(13-18-11-20(44)15-21(45)12-18)52-31(60)17-58-36-32(34(54-58)37(46)47)24-16-25(24)42(36,50)51/h3-12,14-15,24-25,28,37,41H,13,16-17H2,1-2H3,(H,52,60)(H,55,56)/t24-,25+,28-/m0/s1. The molecular weight excluding hydrogens is 916 g/mol. The molecule has 65 heavy (non-hydrogen) atoms. The molecule has 0 aliphatic heterocycles. The number of benzene rings is 4. The molecule has 338 valence electrons. The van der Waals surface area contributed by atoms with Gasteiger partial charge in [-0.1, -0.05) is 35.9 Å². The first kappa shape index (κ1) is 43.7. The van der Waals surface area contributed by atoms with Crippen LogP contribution in [0.3, 0.4) is 0 Å². The fourth-order valence-electron chi connectivity index (χ4n) is 8.65. The lowest BCUT2D eigenvalue weighted by Gasteiger charge is -2.24. The summed E-state index contributed by atoms with van der Waals surface area (Å²) in [7, 11) is -2.55. The smallest absolute Gasteiger partial charge is 0.387 e. The molecule has 2 aliphatic rings. The van der Waals surface area contributed by atoms with Gasteiger partial charge in [0.1, 0.15) is 41.1 Å². The summed E-state index contributed by atoms with van der Waals surface area (Å²) in [6.45, 7) is -4.25. The fraction of sp³-hybridized carbons (Fsp3) is 0.262. The number of nitrogens with one attached hydrogen (secondary N) is 2. The third kappa shape index (κ3) is 7.91. The minimum Gasteiger partial charge on any atom is -0.434 e. The number of alkyl halides is 6. The molecule has 13 nitrogen and oxygen atoms in total. The van der Waals surface area contributed by atoms with Crippen molar-refractivity contribution in [1.82, 2.24) is 34.4 Å². The molecule has 3 aromatic heterocycles. The van der Waals surface area contributed by atoms with Crippen LogP contribution >= 0.6 is 11.6 Å². The van der Waals surface area contributed by atoms with Crippen molar-refractivity contribution >= 4 is 55.2 Å². The summed E-state index contributed by atoms with van der Waals surface area (Å²) >= 11 is 6.61. The number of aromatic nitrogens is 6. The molecule has 3 heterocycles. The van der Waals surface area contributed by atoms with E-state index >= 15 is 13.6 Å². The van der Waals surface area contributed by atoms with Crippen LogP contribution in [0.4, 0.5) is 40.9 Å². The van der Waals surface area contributed by atoms with Crippen LogP contribution < -0.4 is 20.3 Å². The molecule has 3 atom stereocenters. The Kier molecular flexibility index (Phi) is 10.7. The van der Waals surface area contributed by atoms with Gasteiger partial charge in [-0.3, -0.25) is 28.2 Å². The number of hydrogen-bond donors (Lipinski definition) is 2. The molecule has 2 aliphatic carbocycles. The van der Waals surface area contributed by atoms with E-state index in [1.807, 2.05) is 0 Å². The van der Waals surface area contributed by atoms with Gasteiger partial charge in [-0.05, 0) is 65.9 Å². The van der Waals surface area contributed by atoms with Gasteiger partial charge in [0.25, 0.3) is 17.9 Å². The molecule has 0 radical (unpaired) electrons. The second-order valence-corrected chi connectivity index (χ2v) is 17.8. The average molecular weight is 947 g/mol. The molecule has 2 N–H and O–H groups in total. The molecule has 1 fully saturated rings. The minimum absolute atomic E-state index is 0.00941. The van der Waals surface area contributed by atoms with Crippen molar-refractivity contribution in [2.45, 2.75) is 50.3 Å². The quantitative estimate of drug-likeness (QED) is 0.110. The van der Waals surface area contributed by atoms with Gasteiger partial charge in [0.15, 0.2) is 5.82 Å². The van der Waals surface area contributed by atoms with Gasteiger partial charge in [0.2, 0.25) is 15.9 Å². The zero-order valence-corrected chi connectivity index (χ0v) is 35.0. The second kappa shape index (κ2) is 15.9. The van der Waals surface area contributed by atoms with Crippen LogP contribution in [0.5, 0.6) is 5.75 Å². The lowest BCUT2D eigenvalue weighted by Crippen LogP contribution is -2.38. The van der Waals surface area contributed by atoms with Gasteiger partial charge in [0.05, 0.1) is 44.8 Å². The van der Waals surface area contributed by atoms with E-state index in [0.29, 0.717) is 10.7 Å². The van der Waals surface area contributed by atoms with Crippen LogP contribution in [0.2, 0.25) is 5.02 Å². The van der Waals surface area contributed by atoms with Crippen LogP contribution in [0, 0.1) is 17.6 Å². The van der Waals surface area contributed by atoms with Gasteiger partial charge in [-0.25, -0.2) is 31.0 Å². The van der Waals surface area contributed by atoms with Crippen molar-refractivity contribution in [3.8, 4) is 22.6 Å². The van der Waals surface area contributed by atoms with E-state index < -0.39 is 94.3 Å². The largest absolute Gasteiger partial charge is 0.434 e. The van der Waals surface area contributed by atoms with Crippen molar-refractivity contribution in [2.24, 2.45) is 13.0 Å². The zero-order chi connectivity index (χ0) is 46.4. The summed E-state index contributed by atoms with van der Waals surface area (Å²) in [5.74, 6) is -9.73. The normalized spacial score (nSPS) is 16.9. The van der Waals surface area contributed by atoms with E-state index in [9.17, 15) is 39.6 Å². The summed E-state index contributed by atoms with van der Waals surface area (Å²) in [5, 5.41) is 10.5. The highest BCUT2D eigenvalue weighted by molar-refractivity contribution is 7.92. The Morgan fingerprint density at radius 2 is 1.72 bits per heavy atom. The van der Waals surface area contributed by atoms with Crippen molar-refractivity contribution in [1.29, 1.82) is 0 Å². The maximum atomic E-state index is 15.6. The lowest BCUT2D eigenvalue weighted by atomic mass is 10.0. The number of nitrogens with zero attached hydrogens (tertiary/aromatic N) is 6. The predicted octanol–water partition coefficient (Wildman–Crippen LogP) is 8.29. The number of carbonyl (C=O) groups is 1. The van der Waals surface area contributed by atoms with Gasteiger partial charge in [-0.15, -0.1) is 0 Å². The van der Waals surface area contributed by atoms with Gasteiger partial charge in [0, 0.05) is 36.6 Å². The van der Waals surface area contributed by atoms with E-state index in [2.05, 4.69) is 20.2 Å². The molecule has 23 heteroatoms. The van der Waals surface area contributed by atoms with Gasteiger partial charge >= 0.3 is 6.61 Å². The Morgan fingerprint density at radius 1 is 1.00 bits per heavy atom. The first-order valence-corrected chi connectivity index (χ1v) is 21.7. The summed E-state index contributed by atoms with van der Waals surface area (Å²) in [6.07, 6.45) is -2.97. The molecule has 7 aromatic rings. The molecular formula is C42H31ClF8N8O5S. The number of hydrogen-bond acceptors (Lipinski definition) is 8. The molecule has 1 saturated carbocycles. The van der Waals surface area contributed by atoms with Crippen molar-refractivity contribution < 1.29 is 53.1 Å². The molecule has 4 aromatic carbocycles. The Balaban J connectivity index is 1.27. The number of rotatable bonds is 13. The molecule has 9 rings (SSSR count). The number of para-hydroxylation sites is 1. The lowest BCUT2D eigenvalue weighted by molar-refractivity contribution is -0.123. The maximum absolute atomic E-state index is 15.6. The molecule has 1 amide bonds. The Morgan fingerprint density at radius 3 is 2.42 bits per heavy atom. The maximum Gasteiger partial charge on any atom is 0.387 e. The predicted molar refractivity (Wildman–Crippen MR) is 220 cm³/mol. The third-order valence-corrected chi connectivity index (χ3v) is 12.1. The highest BCUT2D eigenvalue weighted by Gasteiger charge is 2.67. The Labute approximate surface area is 366 Å². The average Bonchev–Trinajstić information content (AvgIpc) is 3.75. The molecule has 0 spiro atoms. The fourth-order valence-corrected chi connectivity index (χ4v) is 9.39. The van der Waals surface area contributed by atoms with Crippen LogP contribution in [0.15, 0.2) is 77.6 Å². The van der Waals surface area contributed by atoms with E-state index in [0.717, 1.165) is 23.0 Å². The van der Waals surface area contributed by atoms with Crippen LogP contribution in [0.25, 0.3) is 38.6 Å². The molecule has 0 unspecified atom stereocenters. The highest BCUT2D eigenvalue weighted by atomic mass is 35.5. The van der Waals surface area contributed by atoms with Gasteiger partial charge < -0.3 is 10.1 Å². The highest BCUT2D eigenvalue weighted by Crippen LogP contribution is 2.68.